The quantitative estimate of drug-likeness (QED) is 0.698. The van der Waals surface area contributed by atoms with Gasteiger partial charge in [0.05, 0.1) is 12.2 Å². The largest absolute Gasteiger partial charge is 0.345 e. The molecule has 68 valence electrons. The fourth-order valence-electron chi connectivity index (χ4n) is 1.20. The molecule has 13 heavy (non-hydrogen) atoms. The molecule has 1 saturated heterocycles. The van der Waals surface area contributed by atoms with Crippen molar-refractivity contribution in [2.24, 2.45) is 0 Å². The van der Waals surface area contributed by atoms with Gasteiger partial charge < -0.3 is 10.2 Å². The zero-order valence-corrected chi connectivity index (χ0v) is 7.63. The minimum Gasteiger partial charge on any atom is -0.345 e. The van der Waals surface area contributed by atoms with Crippen molar-refractivity contribution in [1.29, 1.82) is 0 Å². The summed E-state index contributed by atoms with van der Waals surface area (Å²) in [4.78, 5) is 23.9. The smallest absolute Gasteiger partial charge is 0.246 e. The lowest BCUT2D eigenvalue weighted by atomic mass is 10.3. The molecule has 1 aromatic heterocycles. The SMILES string of the molecule is O=C1CN(c2ccsc2)C(=O)CN1. The molecule has 0 radical (unpaired) electrons. The fourth-order valence-corrected chi connectivity index (χ4v) is 1.85. The van der Waals surface area contributed by atoms with E-state index in [0.29, 0.717) is 0 Å². The summed E-state index contributed by atoms with van der Waals surface area (Å²) in [7, 11) is 0. The molecule has 0 unspecified atom stereocenters. The van der Waals surface area contributed by atoms with Crippen molar-refractivity contribution >= 4 is 28.8 Å². The van der Waals surface area contributed by atoms with Crippen LogP contribution in [0.15, 0.2) is 16.8 Å². The summed E-state index contributed by atoms with van der Waals surface area (Å²) in [5.41, 5.74) is 0.810. The van der Waals surface area contributed by atoms with Crippen LogP contribution in [0, 0.1) is 0 Å². The van der Waals surface area contributed by atoms with E-state index in [2.05, 4.69) is 5.32 Å². The molecule has 0 aromatic carbocycles. The Balaban J connectivity index is 2.22. The van der Waals surface area contributed by atoms with Crippen LogP contribution in [0.1, 0.15) is 0 Å². The maximum absolute atomic E-state index is 11.4. The fraction of sp³-hybridized carbons (Fsp3) is 0.250. The Morgan fingerprint density at radius 3 is 3.00 bits per heavy atom. The molecule has 1 N–H and O–H groups in total. The lowest BCUT2D eigenvalue weighted by Gasteiger charge is -2.25. The third kappa shape index (κ3) is 1.55. The van der Waals surface area contributed by atoms with Crippen molar-refractivity contribution in [2.45, 2.75) is 0 Å². The van der Waals surface area contributed by atoms with Gasteiger partial charge in [-0.3, -0.25) is 9.59 Å². The number of thiophene rings is 1. The maximum Gasteiger partial charge on any atom is 0.246 e. The van der Waals surface area contributed by atoms with Crippen LogP contribution in [-0.2, 0) is 9.59 Å². The summed E-state index contributed by atoms with van der Waals surface area (Å²) in [6.07, 6.45) is 0. The van der Waals surface area contributed by atoms with E-state index in [0.717, 1.165) is 5.69 Å². The van der Waals surface area contributed by atoms with Crippen LogP contribution in [0.25, 0.3) is 0 Å². The van der Waals surface area contributed by atoms with Crippen molar-refractivity contribution in [3.8, 4) is 0 Å². The topological polar surface area (TPSA) is 49.4 Å². The molecule has 0 aliphatic carbocycles. The molecule has 1 aromatic rings. The summed E-state index contributed by atoms with van der Waals surface area (Å²) < 4.78 is 0. The Bertz CT molecular complexity index is 334. The Morgan fingerprint density at radius 2 is 2.31 bits per heavy atom. The van der Waals surface area contributed by atoms with Gasteiger partial charge in [-0.05, 0) is 11.4 Å². The second-order valence-corrected chi connectivity index (χ2v) is 3.52. The summed E-state index contributed by atoms with van der Waals surface area (Å²) in [5.74, 6) is -0.163. The number of carbonyl (C=O) groups is 2. The van der Waals surface area contributed by atoms with Crippen molar-refractivity contribution in [1.82, 2.24) is 5.32 Å². The molecule has 1 aliphatic rings. The van der Waals surface area contributed by atoms with Crippen molar-refractivity contribution in [3.05, 3.63) is 16.8 Å². The molecule has 0 atom stereocenters. The van der Waals surface area contributed by atoms with Crippen LogP contribution >= 0.6 is 11.3 Å². The van der Waals surface area contributed by atoms with Crippen LogP contribution in [0.3, 0.4) is 0 Å². The average Bonchev–Trinajstić information content (AvgIpc) is 2.61. The monoisotopic (exact) mass is 196 g/mol. The number of piperazine rings is 1. The molecule has 1 aliphatic heterocycles. The zero-order chi connectivity index (χ0) is 9.26. The van der Waals surface area contributed by atoms with E-state index in [1.165, 1.54) is 16.2 Å². The summed E-state index contributed by atoms with van der Waals surface area (Å²) in [6.45, 7) is 0.240. The van der Waals surface area contributed by atoms with E-state index in [9.17, 15) is 9.59 Å². The summed E-state index contributed by atoms with van der Waals surface area (Å²) >= 11 is 1.51. The maximum atomic E-state index is 11.4. The van der Waals surface area contributed by atoms with Crippen LogP contribution in [-0.4, -0.2) is 24.9 Å². The number of nitrogens with zero attached hydrogens (tertiary/aromatic N) is 1. The number of hydrogen-bond donors (Lipinski definition) is 1. The first-order chi connectivity index (χ1) is 6.27. The highest BCUT2D eigenvalue weighted by Crippen LogP contribution is 2.18. The van der Waals surface area contributed by atoms with Crippen LogP contribution in [0.4, 0.5) is 5.69 Å². The first kappa shape index (κ1) is 8.25. The Hall–Kier alpha value is -1.36. The van der Waals surface area contributed by atoms with Crippen molar-refractivity contribution < 1.29 is 9.59 Å². The van der Waals surface area contributed by atoms with Gasteiger partial charge >= 0.3 is 0 Å². The summed E-state index contributed by atoms with van der Waals surface area (Å²) in [5, 5.41) is 6.24. The van der Waals surface area contributed by atoms with E-state index >= 15 is 0 Å². The second kappa shape index (κ2) is 3.18. The third-order valence-electron chi connectivity index (χ3n) is 1.86. The minimum atomic E-state index is -0.106. The minimum absolute atomic E-state index is 0.0574. The highest BCUT2D eigenvalue weighted by molar-refractivity contribution is 7.08. The molecule has 2 amide bonds. The zero-order valence-electron chi connectivity index (χ0n) is 6.82. The van der Waals surface area contributed by atoms with E-state index < -0.39 is 0 Å². The van der Waals surface area contributed by atoms with Gasteiger partial charge in [-0.1, -0.05) is 0 Å². The van der Waals surface area contributed by atoms with Gasteiger partial charge in [0.15, 0.2) is 0 Å². The Labute approximate surface area is 79.2 Å². The number of hydrogen-bond acceptors (Lipinski definition) is 3. The second-order valence-electron chi connectivity index (χ2n) is 2.74. The average molecular weight is 196 g/mol. The molecule has 2 heterocycles. The highest BCUT2D eigenvalue weighted by atomic mass is 32.1. The van der Waals surface area contributed by atoms with Gasteiger partial charge in [0.1, 0.15) is 6.54 Å². The number of rotatable bonds is 1. The van der Waals surface area contributed by atoms with Gasteiger partial charge in [0, 0.05) is 5.38 Å². The molecule has 5 heteroatoms. The van der Waals surface area contributed by atoms with Gasteiger partial charge in [0.2, 0.25) is 11.8 Å². The number of anilines is 1. The molecule has 0 bridgehead atoms. The molecular formula is C8H8N2O2S. The summed E-state index contributed by atoms with van der Waals surface area (Å²) in [6, 6.07) is 1.83. The molecule has 1 fully saturated rings. The van der Waals surface area contributed by atoms with Gasteiger partial charge in [0.25, 0.3) is 0 Å². The van der Waals surface area contributed by atoms with E-state index in [1.807, 2.05) is 16.8 Å². The van der Waals surface area contributed by atoms with Crippen molar-refractivity contribution in [2.75, 3.05) is 18.0 Å². The predicted octanol–water partition coefficient (Wildman–Crippen LogP) is 0.211. The lowest BCUT2D eigenvalue weighted by molar-refractivity contribution is -0.128. The molecular weight excluding hydrogens is 188 g/mol. The van der Waals surface area contributed by atoms with Crippen LogP contribution in [0.5, 0.6) is 0 Å². The van der Waals surface area contributed by atoms with Gasteiger partial charge in [-0.2, -0.15) is 11.3 Å². The molecule has 4 nitrogen and oxygen atoms in total. The van der Waals surface area contributed by atoms with E-state index in [1.54, 1.807) is 0 Å². The van der Waals surface area contributed by atoms with Crippen LogP contribution < -0.4 is 10.2 Å². The van der Waals surface area contributed by atoms with E-state index in [4.69, 9.17) is 0 Å². The predicted molar refractivity (Wildman–Crippen MR) is 49.7 cm³/mol. The normalized spacial score (nSPS) is 17.4. The first-order valence-corrected chi connectivity index (χ1v) is 4.81. The lowest BCUT2D eigenvalue weighted by Crippen LogP contribution is -2.51. The van der Waals surface area contributed by atoms with Gasteiger partial charge in [-0.25, -0.2) is 0 Å². The highest BCUT2D eigenvalue weighted by Gasteiger charge is 2.24. The standard InChI is InChI=1S/C8H8N2O2S/c11-7-4-10(8(12)3-9-7)6-1-2-13-5-6/h1-2,5H,3-4H2,(H,9,11). The Kier molecular flexibility index (Phi) is 2.02. The molecule has 0 saturated carbocycles. The van der Waals surface area contributed by atoms with Gasteiger partial charge in [-0.15, -0.1) is 0 Å². The third-order valence-corrected chi connectivity index (χ3v) is 2.53. The van der Waals surface area contributed by atoms with E-state index in [-0.39, 0.29) is 24.9 Å². The number of amides is 2. The Morgan fingerprint density at radius 1 is 1.46 bits per heavy atom. The first-order valence-electron chi connectivity index (χ1n) is 3.86. The molecule has 2 rings (SSSR count). The number of nitrogens with one attached hydrogen (secondary N) is 1. The van der Waals surface area contributed by atoms with Crippen LogP contribution in [0.2, 0.25) is 0 Å². The van der Waals surface area contributed by atoms with Crippen molar-refractivity contribution in [3.63, 3.8) is 0 Å². The molecule has 0 spiro atoms. The number of carbonyl (C=O) groups excluding carboxylic acids is 2.